The molecule has 0 saturated carbocycles. The van der Waals surface area contributed by atoms with Crippen LogP contribution in [0.25, 0.3) is 0 Å². The predicted octanol–water partition coefficient (Wildman–Crippen LogP) is 2.35. The zero-order chi connectivity index (χ0) is 19.8. The normalized spacial score (nSPS) is 10.2. The Morgan fingerprint density at radius 1 is 0.857 bits per heavy atom. The van der Waals surface area contributed by atoms with Crippen LogP contribution >= 0.6 is 0 Å². The molecule has 1 aromatic carbocycles. The number of carbonyl (C=O) groups excluding carboxylic acids is 2. The smallest absolute Gasteiger partial charge is 0.270 e. The van der Waals surface area contributed by atoms with E-state index >= 15 is 0 Å². The standard InChI is InChI=1S/C21H20N4O3/c1-28-18-4-2-15(3-5-18)13-25-21(27)19-12-17(8-11-23-19)20(26)24-14-16-6-9-22-10-7-16/h2-12H,13-14H2,1H3,(H,24,26)(H,25,27). The van der Waals surface area contributed by atoms with Gasteiger partial charge in [-0.3, -0.25) is 19.6 Å². The summed E-state index contributed by atoms with van der Waals surface area (Å²) in [6, 6.07) is 14.1. The molecule has 28 heavy (non-hydrogen) atoms. The molecule has 7 heteroatoms. The first-order chi connectivity index (χ1) is 13.7. The number of nitrogens with zero attached hydrogens (tertiary/aromatic N) is 2. The van der Waals surface area contributed by atoms with E-state index in [0.717, 1.165) is 16.9 Å². The van der Waals surface area contributed by atoms with E-state index in [-0.39, 0.29) is 17.5 Å². The molecule has 3 aromatic rings. The quantitative estimate of drug-likeness (QED) is 0.660. The Morgan fingerprint density at radius 2 is 1.50 bits per heavy atom. The lowest BCUT2D eigenvalue weighted by Crippen LogP contribution is -2.26. The summed E-state index contributed by atoms with van der Waals surface area (Å²) in [6.07, 6.45) is 4.78. The molecule has 7 nitrogen and oxygen atoms in total. The number of hydrogen-bond acceptors (Lipinski definition) is 5. The SMILES string of the molecule is COc1ccc(CNC(=O)c2cc(C(=O)NCc3ccncc3)ccn2)cc1. The minimum Gasteiger partial charge on any atom is -0.497 e. The van der Waals surface area contributed by atoms with Gasteiger partial charge in [-0.05, 0) is 47.5 Å². The van der Waals surface area contributed by atoms with Crippen LogP contribution < -0.4 is 15.4 Å². The molecule has 0 aliphatic heterocycles. The number of nitrogens with one attached hydrogen (secondary N) is 2. The van der Waals surface area contributed by atoms with Crippen molar-refractivity contribution in [3.8, 4) is 5.75 Å². The third-order valence-electron chi connectivity index (χ3n) is 4.07. The lowest BCUT2D eigenvalue weighted by molar-refractivity contribution is 0.0946. The molecule has 3 rings (SSSR count). The first kappa shape index (κ1) is 19.0. The van der Waals surface area contributed by atoms with Crippen LogP contribution in [0.5, 0.6) is 5.75 Å². The summed E-state index contributed by atoms with van der Waals surface area (Å²) >= 11 is 0. The number of pyridine rings is 2. The van der Waals surface area contributed by atoms with E-state index in [4.69, 9.17) is 4.74 Å². The number of hydrogen-bond donors (Lipinski definition) is 2. The van der Waals surface area contributed by atoms with Gasteiger partial charge in [-0.2, -0.15) is 0 Å². The molecule has 2 N–H and O–H groups in total. The number of rotatable bonds is 7. The summed E-state index contributed by atoms with van der Waals surface area (Å²) in [5.74, 6) is 0.130. The molecular weight excluding hydrogens is 356 g/mol. The third-order valence-corrected chi connectivity index (χ3v) is 4.07. The van der Waals surface area contributed by atoms with E-state index in [9.17, 15) is 9.59 Å². The maximum absolute atomic E-state index is 12.4. The number of ether oxygens (including phenoxy) is 1. The molecule has 2 amide bonds. The van der Waals surface area contributed by atoms with Crippen molar-refractivity contribution < 1.29 is 14.3 Å². The second-order valence-electron chi connectivity index (χ2n) is 6.00. The summed E-state index contributed by atoms with van der Waals surface area (Å²) < 4.78 is 5.11. The van der Waals surface area contributed by atoms with Crippen molar-refractivity contribution in [2.24, 2.45) is 0 Å². The van der Waals surface area contributed by atoms with Gasteiger partial charge >= 0.3 is 0 Å². The lowest BCUT2D eigenvalue weighted by atomic mass is 10.2. The Balaban J connectivity index is 1.58. The first-order valence-electron chi connectivity index (χ1n) is 8.70. The van der Waals surface area contributed by atoms with Crippen molar-refractivity contribution in [3.63, 3.8) is 0 Å². The first-order valence-corrected chi connectivity index (χ1v) is 8.70. The summed E-state index contributed by atoms with van der Waals surface area (Å²) in [4.78, 5) is 32.7. The summed E-state index contributed by atoms with van der Waals surface area (Å²) in [5, 5.41) is 5.61. The van der Waals surface area contributed by atoms with Crippen molar-refractivity contribution in [2.45, 2.75) is 13.1 Å². The van der Waals surface area contributed by atoms with Gasteiger partial charge in [0.2, 0.25) is 0 Å². The summed E-state index contributed by atoms with van der Waals surface area (Å²) in [5.41, 5.74) is 2.43. The summed E-state index contributed by atoms with van der Waals surface area (Å²) in [7, 11) is 1.60. The minimum atomic E-state index is -0.348. The van der Waals surface area contributed by atoms with Crippen molar-refractivity contribution in [1.29, 1.82) is 0 Å². The molecule has 2 aromatic heterocycles. The molecule has 0 aliphatic rings. The zero-order valence-corrected chi connectivity index (χ0v) is 15.4. The Labute approximate surface area is 162 Å². The molecule has 0 bridgehead atoms. The molecule has 0 aliphatic carbocycles. The van der Waals surface area contributed by atoms with Crippen LogP contribution in [0.1, 0.15) is 32.0 Å². The van der Waals surface area contributed by atoms with Gasteiger partial charge in [0.05, 0.1) is 7.11 Å². The maximum atomic E-state index is 12.4. The van der Waals surface area contributed by atoms with Gasteiger partial charge in [-0.25, -0.2) is 0 Å². The zero-order valence-electron chi connectivity index (χ0n) is 15.4. The molecule has 0 radical (unpaired) electrons. The van der Waals surface area contributed by atoms with Gasteiger partial charge < -0.3 is 15.4 Å². The van der Waals surface area contributed by atoms with E-state index in [2.05, 4.69) is 20.6 Å². The van der Waals surface area contributed by atoms with Gasteiger partial charge in [0.1, 0.15) is 11.4 Å². The van der Waals surface area contributed by atoms with E-state index in [0.29, 0.717) is 18.7 Å². The molecular formula is C21H20N4O3. The Morgan fingerprint density at radius 3 is 2.18 bits per heavy atom. The van der Waals surface area contributed by atoms with Gasteiger partial charge in [0.25, 0.3) is 11.8 Å². The number of methoxy groups -OCH3 is 1. The molecule has 0 unspecified atom stereocenters. The number of aromatic nitrogens is 2. The molecule has 0 fully saturated rings. The Kier molecular flexibility index (Phi) is 6.30. The highest BCUT2D eigenvalue weighted by Crippen LogP contribution is 2.11. The van der Waals surface area contributed by atoms with Crippen LogP contribution in [0, 0.1) is 0 Å². The Bertz CT molecular complexity index is 943. The van der Waals surface area contributed by atoms with Crippen molar-refractivity contribution in [1.82, 2.24) is 20.6 Å². The molecule has 2 heterocycles. The highest BCUT2D eigenvalue weighted by molar-refractivity contribution is 5.98. The van der Waals surface area contributed by atoms with E-state index in [1.165, 1.54) is 12.3 Å². The topological polar surface area (TPSA) is 93.2 Å². The highest BCUT2D eigenvalue weighted by atomic mass is 16.5. The molecule has 0 spiro atoms. The van der Waals surface area contributed by atoms with Crippen LogP contribution in [0.2, 0.25) is 0 Å². The van der Waals surface area contributed by atoms with Crippen molar-refractivity contribution in [3.05, 3.63) is 89.5 Å². The maximum Gasteiger partial charge on any atom is 0.270 e. The van der Waals surface area contributed by atoms with Crippen LogP contribution in [0.15, 0.2) is 67.1 Å². The van der Waals surface area contributed by atoms with E-state index < -0.39 is 0 Å². The molecule has 142 valence electrons. The van der Waals surface area contributed by atoms with Crippen LogP contribution in [0.4, 0.5) is 0 Å². The third kappa shape index (κ3) is 5.14. The highest BCUT2D eigenvalue weighted by Gasteiger charge is 2.12. The van der Waals surface area contributed by atoms with Gasteiger partial charge in [-0.1, -0.05) is 12.1 Å². The lowest BCUT2D eigenvalue weighted by Gasteiger charge is -2.08. The average molecular weight is 376 g/mol. The van der Waals surface area contributed by atoms with Crippen LogP contribution in [0.3, 0.4) is 0 Å². The van der Waals surface area contributed by atoms with Crippen LogP contribution in [-0.2, 0) is 13.1 Å². The molecule has 0 saturated heterocycles. The number of amides is 2. The van der Waals surface area contributed by atoms with Gasteiger partial charge in [0, 0.05) is 37.2 Å². The monoisotopic (exact) mass is 376 g/mol. The largest absolute Gasteiger partial charge is 0.497 e. The van der Waals surface area contributed by atoms with Gasteiger partial charge in [-0.15, -0.1) is 0 Å². The predicted molar refractivity (Wildman–Crippen MR) is 104 cm³/mol. The second-order valence-corrected chi connectivity index (χ2v) is 6.00. The average Bonchev–Trinajstić information content (AvgIpc) is 2.77. The summed E-state index contributed by atoms with van der Waals surface area (Å²) in [6.45, 7) is 0.728. The Hall–Kier alpha value is -3.74. The minimum absolute atomic E-state index is 0.185. The fourth-order valence-electron chi connectivity index (χ4n) is 2.50. The molecule has 0 atom stereocenters. The fourth-order valence-corrected chi connectivity index (χ4v) is 2.50. The van der Waals surface area contributed by atoms with Crippen molar-refractivity contribution >= 4 is 11.8 Å². The fraction of sp³-hybridized carbons (Fsp3) is 0.143. The van der Waals surface area contributed by atoms with E-state index in [1.807, 2.05) is 36.4 Å². The van der Waals surface area contributed by atoms with Crippen molar-refractivity contribution in [2.75, 3.05) is 7.11 Å². The number of benzene rings is 1. The van der Waals surface area contributed by atoms with Crippen LogP contribution in [-0.4, -0.2) is 28.9 Å². The van der Waals surface area contributed by atoms with Gasteiger partial charge in [0.15, 0.2) is 0 Å². The number of carbonyl (C=O) groups is 2. The second kappa shape index (κ2) is 9.27. The van der Waals surface area contributed by atoms with E-state index in [1.54, 1.807) is 25.6 Å².